The number of methoxy groups -OCH3 is 1. The molecule has 3 nitrogen and oxygen atoms in total. The van der Waals surface area contributed by atoms with Crippen LogP contribution >= 0.6 is 23.2 Å². The van der Waals surface area contributed by atoms with Crippen molar-refractivity contribution in [3.63, 3.8) is 0 Å². The zero-order valence-corrected chi connectivity index (χ0v) is 10.2. The lowest BCUT2D eigenvalue weighted by molar-refractivity contribution is -0.147. The van der Waals surface area contributed by atoms with Crippen LogP contribution in [-0.4, -0.2) is 37.6 Å². The van der Waals surface area contributed by atoms with Gasteiger partial charge >= 0.3 is 5.97 Å². The molecule has 0 N–H and O–H groups in total. The molecular formula is C10H15Cl2NO2. The van der Waals surface area contributed by atoms with Crippen molar-refractivity contribution >= 4 is 29.2 Å². The number of carbonyl (C=O) groups excluding carboxylic acids is 1. The van der Waals surface area contributed by atoms with Crippen molar-refractivity contribution in [2.24, 2.45) is 5.92 Å². The summed E-state index contributed by atoms with van der Waals surface area (Å²) in [4.78, 5) is 13.5. The van der Waals surface area contributed by atoms with E-state index < -0.39 is 0 Å². The number of piperidine rings is 1. The average Bonchev–Trinajstić information content (AvgIpc) is 2.28. The molecule has 0 aromatic rings. The van der Waals surface area contributed by atoms with Crippen molar-refractivity contribution in [2.75, 3.05) is 26.7 Å². The Labute approximate surface area is 100.0 Å². The highest BCUT2D eigenvalue weighted by molar-refractivity contribution is 6.36. The second-order valence-corrected chi connectivity index (χ2v) is 4.36. The van der Waals surface area contributed by atoms with Gasteiger partial charge in [0.15, 0.2) is 0 Å². The fourth-order valence-electron chi connectivity index (χ4n) is 1.81. The van der Waals surface area contributed by atoms with Gasteiger partial charge in [0, 0.05) is 23.7 Å². The summed E-state index contributed by atoms with van der Waals surface area (Å²) < 4.78 is 4.73. The van der Waals surface area contributed by atoms with E-state index in [2.05, 4.69) is 4.90 Å². The number of ether oxygens (including phenoxy) is 1. The Morgan fingerprint density at radius 3 is 3.00 bits per heavy atom. The molecule has 1 fully saturated rings. The van der Waals surface area contributed by atoms with Gasteiger partial charge in [-0.3, -0.25) is 9.69 Å². The van der Waals surface area contributed by atoms with E-state index in [0.29, 0.717) is 18.1 Å². The highest BCUT2D eigenvalue weighted by atomic mass is 35.5. The van der Waals surface area contributed by atoms with E-state index in [0.717, 1.165) is 19.4 Å². The Morgan fingerprint density at radius 2 is 2.40 bits per heavy atom. The van der Waals surface area contributed by atoms with Crippen LogP contribution in [0.3, 0.4) is 0 Å². The Hall–Kier alpha value is -0.250. The largest absolute Gasteiger partial charge is 0.469 e. The predicted molar refractivity (Wildman–Crippen MR) is 61.0 cm³/mol. The van der Waals surface area contributed by atoms with Crippen molar-refractivity contribution in [2.45, 2.75) is 12.8 Å². The number of likely N-dealkylation sites (tertiary alicyclic amines) is 1. The minimum Gasteiger partial charge on any atom is -0.469 e. The number of hydrogen-bond donors (Lipinski definition) is 0. The highest BCUT2D eigenvalue weighted by Crippen LogP contribution is 2.19. The zero-order chi connectivity index (χ0) is 11.3. The summed E-state index contributed by atoms with van der Waals surface area (Å²) in [7, 11) is 1.42. The second kappa shape index (κ2) is 6.36. The SMILES string of the molecule is COC(=O)[C@H]1CCCN(CC(Cl)=CCl)C1. The normalized spacial score (nSPS) is 23.9. The summed E-state index contributed by atoms with van der Waals surface area (Å²) in [5, 5.41) is 0.599. The maximum atomic E-state index is 11.3. The first-order valence-corrected chi connectivity index (χ1v) is 5.73. The van der Waals surface area contributed by atoms with Crippen molar-refractivity contribution in [1.29, 1.82) is 0 Å². The molecule has 1 saturated heterocycles. The quantitative estimate of drug-likeness (QED) is 0.721. The van der Waals surface area contributed by atoms with Gasteiger partial charge < -0.3 is 4.74 Å². The summed E-state index contributed by atoms with van der Waals surface area (Å²) >= 11 is 11.3. The van der Waals surface area contributed by atoms with E-state index in [1.807, 2.05) is 0 Å². The number of nitrogens with zero attached hydrogens (tertiary/aromatic N) is 1. The molecule has 0 aliphatic carbocycles. The van der Waals surface area contributed by atoms with Crippen LogP contribution in [0.1, 0.15) is 12.8 Å². The summed E-state index contributed by atoms with van der Waals surface area (Å²) in [5.41, 5.74) is 1.36. The number of halogens is 2. The van der Waals surface area contributed by atoms with Gasteiger partial charge in [0.25, 0.3) is 0 Å². The molecule has 1 aliphatic rings. The summed E-state index contributed by atoms with van der Waals surface area (Å²) in [6, 6.07) is 0. The third-order valence-corrected chi connectivity index (χ3v) is 3.14. The fourth-order valence-corrected chi connectivity index (χ4v) is 2.04. The first kappa shape index (κ1) is 12.8. The molecule has 0 saturated carbocycles. The van der Waals surface area contributed by atoms with Crippen LogP contribution < -0.4 is 0 Å². The first-order valence-electron chi connectivity index (χ1n) is 4.92. The average molecular weight is 252 g/mol. The lowest BCUT2D eigenvalue weighted by atomic mass is 9.98. The summed E-state index contributed by atoms with van der Waals surface area (Å²) in [6.45, 7) is 2.26. The molecule has 0 amide bonds. The van der Waals surface area contributed by atoms with E-state index in [1.54, 1.807) is 0 Å². The van der Waals surface area contributed by atoms with E-state index >= 15 is 0 Å². The molecule has 1 rings (SSSR count). The van der Waals surface area contributed by atoms with Crippen molar-refractivity contribution < 1.29 is 9.53 Å². The summed E-state index contributed by atoms with van der Waals surface area (Å²) in [6.07, 6.45) is 1.89. The van der Waals surface area contributed by atoms with E-state index in [4.69, 9.17) is 27.9 Å². The number of hydrogen-bond acceptors (Lipinski definition) is 3. The maximum Gasteiger partial charge on any atom is 0.309 e. The standard InChI is InChI=1S/C10H15Cl2NO2/c1-15-10(14)8-3-2-4-13(6-8)7-9(12)5-11/h5,8H,2-4,6-7H2,1H3/t8-/m0/s1. The Balaban J connectivity index is 2.45. The Kier molecular flexibility index (Phi) is 5.43. The second-order valence-electron chi connectivity index (χ2n) is 3.65. The molecule has 1 aliphatic heterocycles. The molecule has 15 heavy (non-hydrogen) atoms. The van der Waals surface area contributed by atoms with Gasteiger partial charge in [-0.1, -0.05) is 23.2 Å². The van der Waals surface area contributed by atoms with Gasteiger partial charge in [0.1, 0.15) is 0 Å². The molecule has 86 valence electrons. The maximum absolute atomic E-state index is 11.3. The molecule has 0 bridgehead atoms. The molecule has 5 heteroatoms. The van der Waals surface area contributed by atoms with Crippen LogP contribution in [0.2, 0.25) is 0 Å². The van der Waals surface area contributed by atoms with E-state index in [1.165, 1.54) is 12.6 Å². The molecule has 0 aromatic carbocycles. The smallest absolute Gasteiger partial charge is 0.309 e. The van der Waals surface area contributed by atoms with Crippen LogP contribution in [-0.2, 0) is 9.53 Å². The molecular weight excluding hydrogens is 237 g/mol. The van der Waals surface area contributed by atoms with Crippen molar-refractivity contribution in [3.8, 4) is 0 Å². The van der Waals surface area contributed by atoms with Crippen LogP contribution in [0.5, 0.6) is 0 Å². The summed E-state index contributed by atoms with van der Waals surface area (Å²) in [5.74, 6) is -0.158. The number of esters is 1. The van der Waals surface area contributed by atoms with Gasteiger partial charge in [-0.15, -0.1) is 0 Å². The Bertz CT molecular complexity index is 256. The highest BCUT2D eigenvalue weighted by Gasteiger charge is 2.26. The van der Waals surface area contributed by atoms with E-state index in [9.17, 15) is 4.79 Å². The minimum atomic E-state index is -0.134. The minimum absolute atomic E-state index is 0.0245. The lowest BCUT2D eigenvalue weighted by Gasteiger charge is -2.30. The number of rotatable bonds is 3. The van der Waals surface area contributed by atoms with Crippen molar-refractivity contribution in [1.82, 2.24) is 4.90 Å². The van der Waals surface area contributed by atoms with Crippen LogP contribution in [0.25, 0.3) is 0 Å². The monoisotopic (exact) mass is 251 g/mol. The first-order chi connectivity index (χ1) is 7.17. The molecule has 1 atom stereocenters. The van der Waals surface area contributed by atoms with Crippen LogP contribution in [0.15, 0.2) is 10.6 Å². The lowest BCUT2D eigenvalue weighted by Crippen LogP contribution is -2.39. The molecule has 1 heterocycles. The molecule has 0 aromatic heterocycles. The Morgan fingerprint density at radius 1 is 1.67 bits per heavy atom. The van der Waals surface area contributed by atoms with Gasteiger partial charge in [-0.25, -0.2) is 0 Å². The predicted octanol–water partition coefficient (Wildman–Crippen LogP) is 2.19. The third kappa shape index (κ3) is 4.01. The van der Waals surface area contributed by atoms with Crippen LogP contribution in [0, 0.1) is 5.92 Å². The zero-order valence-electron chi connectivity index (χ0n) is 8.71. The fraction of sp³-hybridized carbons (Fsp3) is 0.700. The molecule has 0 unspecified atom stereocenters. The van der Waals surface area contributed by atoms with Gasteiger partial charge in [0.2, 0.25) is 0 Å². The van der Waals surface area contributed by atoms with Gasteiger partial charge in [0.05, 0.1) is 13.0 Å². The number of carbonyl (C=O) groups is 1. The van der Waals surface area contributed by atoms with Gasteiger partial charge in [-0.2, -0.15) is 0 Å². The van der Waals surface area contributed by atoms with Crippen molar-refractivity contribution in [3.05, 3.63) is 10.6 Å². The van der Waals surface area contributed by atoms with Crippen LogP contribution in [0.4, 0.5) is 0 Å². The topological polar surface area (TPSA) is 29.5 Å². The molecule has 0 spiro atoms. The van der Waals surface area contributed by atoms with E-state index in [-0.39, 0.29) is 11.9 Å². The molecule has 0 radical (unpaired) electrons. The third-order valence-electron chi connectivity index (χ3n) is 2.53. The van der Waals surface area contributed by atoms with Gasteiger partial charge in [-0.05, 0) is 19.4 Å².